The van der Waals surface area contributed by atoms with Crippen molar-refractivity contribution in [1.29, 1.82) is 0 Å². The van der Waals surface area contributed by atoms with Crippen molar-refractivity contribution in [3.05, 3.63) is 48.2 Å². The largest absolute Gasteiger partial charge is 0.368 e. The number of halogens is 1. The van der Waals surface area contributed by atoms with E-state index in [4.69, 9.17) is 0 Å². The van der Waals surface area contributed by atoms with Gasteiger partial charge in [0.05, 0.1) is 12.4 Å². The number of benzene rings is 1. The van der Waals surface area contributed by atoms with Crippen molar-refractivity contribution >= 4 is 23.8 Å². The van der Waals surface area contributed by atoms with E-state index in [9.17, 15) is 14.0 Å². The van der Waals surface area contributed by atoms with Gasteiger partial charge in [0.2, 0.25) is 6.41 Å². The molecule has 0 saturated carbocycles. The van der Waals surface area contributed by atoms with Gasteiger partial charge < -0.3 is 19.6 Å². The van der Waals surface area contributed by atoms with Crippen LogP contribution in [0.15, 0.2) is 36.7 Å². The first kappa shape index (κ1) is 19.1. The van der Waals surface area contributed by atoms with Crippen LogP contribution in [0.2, 0.25) is 0 Å². The summed E-state index contributed by atoms with van der Waals surface area (Å²) in [6.45, 7) is 5.24. The minimum absolute atomic E-state index is 0.157. The third kappa shape index (κ3) is 4.28. The molecular weight excluding hydrogens is 375 g/mol. The highest BCUT2D eigenvalue weighted by atomic mass is 19.1. The van der Waals surface area contributed by atoms with Gasteiger partial charge in [-0.15, -0.1) is 0 Å². The fourth-order valence-electron chi connectivity index (χ4n) is 3.63. The summed E-state index contributed by atoms with van der Waals surface area (Å²) in [7, 11) is 0. The van der Waals surface area contributed by atoms with Crippen molar-refractivity contribution < 1.29 is 14.0 Å². The molecule has 4 rings (SSSR count). The van der Waals surface area contributed by atoms with Gasteiger partial charge in [-0.2, -0.15) is 0 Å². The molecule has 29 heavy (non-hydrogen) atoms. The van der Waals surface area contributed by atoms with Crippen molar-refractivity contribution in [2.75, 3.05) is 62.2 Å². The number of aromatic nitrogens is 2. The van der Waals surface area contributed by atoms with Gasteiger partial charge in [-0.25, -0.2) is 14.4 Å². The molecule has 0 aliphatic carbocycles. The third-order valence-corrected chi connectivity index (χ3v) is 5.40. The maximum absolute atomic E-state index is 13.1. The Balaban J connectivity index is 1.33. The van der Waals surface area contributed by atoms with Crippen LogP contribution < -0.4 is 9.80 Å². The summed E-state index contributed by atoms with van der Waals surface area (Å²) in [6.07, 6.45) is 3.98. The zero-order chi connectivity index (χ0) is 20.2. The van der Waals surface area contributed by atoms with Crippen molar-refractivity contribution in [1.82, 2.24) is 19.8 Å². The van der Waals surface area contributed by atoms with Gasteiger partial charge >= 0.3 is 0 Å². The maximum Gasteiger partial charge on any atom is 0.274 e. The van der Waals surface area contributed by atoms with E-state index in [1.54, 1.807) is 28.1 Å². The zero-order valence-corrected chi connectivity index (χ0v) is 16.1. The lowest BCUT2D eigenvalue weighted by Crippen LogP contribution is -2.48. The maximum atomic E-state index is 13.1. The summed E-state index contributed by atoms with van der Waals surface area (Å²) in [5, 5.41) is 0. The summed E-state index contributed by atoms with van der Waals surface area (Å²) in [5.41, 5.74) is 1.33. The van der Waals surface area contributed by atoms with E-state index in [-0.39, 0.29) is 11.7 Å². The summed E-state index contributed by atoms with van der Waals surface area (Å²) < 4.78 is 13.1. The van der Waals surface area contributed by atoms with Crippen LogP contribution in [0.25, 0.3) is 0 Å². The predicted molar refractivity (Wildman–Crippen MR) is 106 cm³/mol. The molecule has 1 aromatic heterocycles. The Morgan fingerprint density at radius 2 is 1.52 bits per heavy atom. The normalized spacial score (nSPS) is 17.4. The fraction of sp³-hybridized carbons (Fsp3) is 0.400. The van der Waals surface area contributed by atoms with Crippen LogP contribution in [0, 0.1) is 5.82 Å². The molecule has 2 aromatic rings. The number of anilines is 2. The second-order valence-corrected chi connectivity index (χ2v) is 7.14. The Bertz CT molecular complexity index is 844. The number of carbonyl (C=O) groups excluding carboxylic acids is 2. The average molecular weight is 398 g/mol. The van der Waals surface area contributed by atoms with E-state index in [0.717, 1.165) is 44.1 Å². The van der Waals surface area contributed by atoms with Crippen LogP contribution in [-0.4, -0.2) is 84.4 Å². The number of nitrogens with zero attached hydrogens (tertiary/aromatic N) is 6. The molecule has 0 unspecified atom stereocenters. The first-order chi connectivity index (χ1) is 14.1. The second-order valence-electron chi connectivity index (χ2n) is 7.14. The molecule has 2 fully saturated rings. The smallest absolute Gasteiger partial charge is 0.274 e. The Hall–Kier alpha value is -3.23. The molecule has 9 heteroatoms. The molecule has 0 bridgehead atoms. The molecule has 2 aliphatic heterocycles. The molecule has 8 nitrogen and oxygen atoms in total. The van der Waals surface area contributed by atoms with Gasteiger partial charge in [0.15, 0.2) is 0 Å². The van der Waals surface area contributed by atoms with E-state index >= 15 is 0 Å². The fourth-order valence-corrected chi connectivity index (χ4v) is 3.63. The van der Waals surface area contributed by atoms with E-state index < -0.39 is 0 Å². The Kier molecular flexibility index (Phi) is 5.55. The lowest BCUT2D eigenvalue weighted by Gasteiger charge is -2.36. The van der Waals surface area contributed by atoms with Crippen molar-refractivity contribution in [3.8, 4) is 0 Å². The molecule has 152 valence electrons. The summed E-state index contributed by atoms with van der Waals surface area (Å²) in [6, 6.07) is 6.53. The van der Waals surface area contributed by atoms with Crippen LogP contribution >= 0.6 is 0 Å². The number of carbonyl (C=O) groups is 2. The topological polar surface area (TPSA) is 72.9 Å². The molecule has 3 heterocycles. The molecule has 1 aromatic carbocycles. The highest BCUT2D eigenvalue weighted by Crippen LogP contribution is 2.19. The molecule has 2 aliphatic rings. The van der Waals surface area contributed by atoms with Gasteiger partial charge in [0.1, 0.15) is 17.3 Å². The molecule has 0 N–H and O–H groups in total. The Labute approximate surface area is 168 Å². The number of hydrogen-bond acceptors (Lipinski definition) is 6. The monoisotopic (exact) mass is 398 g/mol. The first-order valence-corrected chi connectivity index (χ1v) is 9.70. The van der Waals surface area contributed by atoms with Gasteiger partial charge in [0.25, 0.3) is 5.91 Å². The van der Waals surface area contributed by atoms with E-state index in [1.165, 1.54) is 18.3 Å². The van der Waals surface area contributed by atoms with Gasteiger partial charge in [-0.05, 0) is 24.3 Å². The zero-order valence-electron chi connectivity index (χ0n) is 16.1. The number of hydrogen-bond donors (Lipinski definition) is 0. The lowest BCUT2D eigenvalue weighted by molar-refractivity contribution is -0.119. The van der Waals surface area contributed by atoms with E-state index in [1.807, 2.05) is 0 Å². The van der Waals surface area contributed by atoms with Crippen LogP contribution in [0.1, 0.15) is 10.5 Å². The Morgan fingerprint density at radius 3 is 2.10 bits per heavy atom. The number of rotatable bonds is 4. The average Bonchev–Trinajstić information content (AvgIpc) is 2.79. The summed E-state index contributed by atoms with van der Waals surface area (Å²) in [4.78, 5) is 39.8. The minimum Gasteiger partial charge on any atom is -0.368 e. The molecule has 2 saturated heterocycles. The van der Waals surface area contributed by atoms with Crippen molar-refractivity contribution in [3.63, 3.8) is 0 Å². The van der Waals surface area contributed by atoms with Crippen molar-refractivity contribution in [2.45, 2.75) is 0 Å². The van der Waals surface area contributed by atoms with Crippen LogP contribution in [0.5, 0.6) is 0 Å². The Morgan fingerprint density at radius 1 is 0.862 bits per heavy atom. The minimum atomic E-state index is -0.233. The summed E-state index contributed by atoms with van der Waals surface area (Å²) >= 11 is 0. The predicted octanol–water partition coefficient (Wildman–Crippen LogP) is 0.856. The van der Waals surface area contributed by atoms with Crippen LogP contribution in [-0.2, 0) is 4.79 Å². The third-order valence-electron chi connectivity index (χ3n) is 5.40. The van der Waals surface area contributed by atoms with Crippen molar-refractivity contribution in [2.24, 2.45) is 0 Å². The highest BCUT2D eigenvalue weighted by molar-refractivity contribution is 5.92. The SMILES string of the molecule is O=CN1CCN(C(=O)c2cnc(N3CCN(c4ccc(F)cc4)CC3)cn2)CC1. The first-order valence-electron chi connectivity index (χ1n) is 9.70. The standard InChI is InChI=1S/C20H23FN6O2/c21-16-1-3-17(4-2-16)25-9-11-26(12-10-25)19-14-22-18(13-23-19)20(29)27-7-5-24(15-28)6-8-27/h1-4,13-15H,5-12H2. The van der Waals surface area contributed by atoms with E-state index in [0.29, 0.717) is 31.9 Å². The number of amides is 2. The number of piperazine rings is 2. The quantitative estimate of drug-likeness (QED) is 0.712. The molecule has 0 radical (unpaired) electrons. The molecular formula is C20H23FN6O2. The molecule has 0 atom stereocenters. The second kappa shape index (κ2) is 8.42. The molecule has 0 spiro atoms. The summed E-state index contributed by atoms with van der Waals surface area (Å²) in [5.74, 6) is 0.352. The highest BCUT2D eigenvalue weighted by Gasteiger charge is 2.23. The lowest BCUT2D eigenvalue weighted by atomic mass is 10.2. The van der Waals surface area contributed by atoms with Gasteiger partial charge in [0, 0.05) is 58.0 Å². The van der Waals surface area contributed by atoms with Gasteiger partial charge in [-0.3, -0.25) is 9.59 Å². The van der Waals surface area contributed by atoms with Crippen LogP contribution in [0.3, 0.4) is 0 Å². The van der Waals surface area contributed by atoms with E-state index in [2.05, 4.69) is 19.8 Å². The molecule has 2 amide bonds. The van der Waals surface area contributed by atoms with Crippen LogP contribution in [0.4, 0.5) is 15.9 Å². The van der Waals surface area contributed by atoms with Gasteiger partial charge in [-0.1, -0.05) is 0 Å².